The molecule has 1 aliphatic rings. The van der Waals surface area contributed by atoms with Crippen LogP contribution in [0.1, 0.15) is 18.4 Å². The molecule has 25 heavy (non-hydrogen) atoms. The van der Waals surface area contributed by atoms with Gasteiger partial charge in [0.25, 0.3) is 0 Å². The quantitative estimate of drug-likeness (QED) is 0.585. The van der Waals surface area contributed by atoms with Crippen LogP contribution >= 0.6 is 23.1 Å². The van der Waals surface area contributed by atoms with Gasteiger partial charge in [-0.2, -0.15) is 11.3 Å². The van der Waals surface area contributed by atoms with E-state index in [1.54, 1.807) is 30.2 Å². The van der Waals surface area contributed by atoms with Crippen molar-refractivity contribution in [3.8, 4) is 11.5 Å². The van der Waals surface area contributed by atoms with Crippen molar-refractivity contribution < 1.29 is 14.3 Å². The number of thiophene rings is 1. The molecule has 1 heterocycles. The maximum absolute atomic E-state index is 12.5. The fraction of sp³-hybridized carbons (Fsp3) is 0.421. The molecule has 0 unspecified atom stereocenters. The fourth-order valence-electron chi connectivity index (χ4n) is 2.52. The van der Waals surface area contributed by atoms with Crippen LogP contribution in [-0.4, -0.2) is 42.1 Å². The Balaban J connectivity index is 1.36. The van der Waals surface area contributed by atoms with Gasteiger partial charge >= 0.3 is 0 Å². The molecule has 1 saturated carbocycles. The van der Waals surface area contributed by atoms with Crippen molar-refractivity contribution in [3.05, 3.63) is 46.7 Å². The zero-order chi connectivity index (χ0) is 17.5. The van der Waals surface area contributed by atoms with Crippen molar-refractivity contribution >= 4 is 29.0 Å². The molecule has 6 heteroatoms. The summed E-state index contributed by atoms with van der Waals surface area (Å²) in [7, 11) is 1.65. The molecule has 134 valence electrons. The van der Waals surface area contributed by atoms with Gasteiger partial charge in [0, 0.05) is 18.3 Å². The van der Waals surface area contributed by atoms with Gasteiger partial charge in [0.05, 0.1) is 19.5 Å². The molecule has 0 aliphatic heterocycles. The summed E-state index contributed by atoms with van der Waals surface area (Å²) in [4.78, 5) is 14.5. The Labute approximate surface area is 157 Å². The van der Waals surface area contributed by atoms with Gasteiger partial charge < -0.3 is 14.4 Å². The van der Waals surface area contributed by atoms with Gasteiger partial charge in [-0.15, -0.1) is 11.8 Å². The summed E-state index contributed by atoms with van der Waals surface area (Å²) in [5, 5.41) is 4.19. The lowest BCUT2D eigenvalue weighted by Gasteiger charge is -2.22. The number of ether oxygens (including phenoxy) is 2. The molecular formula is C19H23NO3S2. The molecule has 0 spiro atoms. The zero-order valence-electron chi connectivity index (χ0n) is 14.3. The average Bonchev–Trinajstić information content (AvgIpc) is 3.35. The predicted octanol–water partition coefficient (Wildman–Crippen LogP) is 4.06. The lowest BCUT2D eigenvalue weighted by molar-refractivity contribution is -0.129. The second kappa shape index (κ2) is 9.15. The molecule has 1 aromatic heterocycles. The van der Waals surface area contributed by atoms with Gasteiger partial charge in [0.15, 0.2) is 0 Å². The minimum Gasteiger partial charge on any atom is -0.497 e. The second-order valence-corrected chi connectivity index (χ2v) is 7.85. The van der Waals surface area contributed by atoms with E-state index in [9.17, 15) is 4.79 Å². The number of carbonyl (C=O) groups excluding carboxylic acids is 1. The van der Waals surface area contributed by atoms with Crippen LogP contribution in [0.5, 0.6) is 11.5 Å². The van der Waals surface area contributed by atoms with E-state index in [1.807, 2.05) is 29.2 Å². The van der Waals surface area contributed by atoms with Crippen molar-refractivity contribution in [1.82, 2.24) is 4.90 Å². The highest BCUT2D eigenvalue weighted by atomic mass is 32.2. The molecule has 3 rings (SSSR count). The fourth-order valence-corrected chi connectivity index (χ4v) is 3.87. The summed E-state index contributed by atoms with van der Waals surface area (Å²) in [5.41, 5.74) is 1.23. The average molecular weight is 378 g/mol. The maximum Gasteiger partial charge on any atom is 0.233 e. The van der Waals surface area contributed by atoms with E-state index in [1.165, 1.54) is 5.56 Å². The van der Waals surface area contributed by atoms with Crippen LogP contribution in [0, 0.1) is 0 Å². The molecule has 4 nitrogen and oxygen atoms in total. The number of thioether (sulfide) groups is 1. The summed E-state index contributed by atoms with van der Waals surface area (Å²) < 4.78 is 10.8. The van der Waals surface area contributed by atoms with Crippen LogP contribution in [0.25, 0.3) is 0 Å². The van der Waals surface area contributed by atoms with E-state index in [0.29, 0.717) is 18.4 Å². The monoisotopic (exact) mass is 377 g/mol. The largest absolute Gasteiger partial charge is 0.497 e. The highest BCUT2D eigenvalue weighted by Crippen LogP contribution is 2.29. The molecule has 0 radical (unpaired) electrons. The summed E-state index contributed by atoms with van der Waals surface area (Å²) >= 11 is 3.32. The molecule has 1 aliphatic carbocycles. The number of nitrogens with zero attached hydrogens (tertiary/aromatic N) is 1. The zero-order valence-corrected chi connectivity index (χ0v) is 16.0. The molecule has 0 saturated heterocycles. The Hall–Kier alpha value is -1.66. The summed E-state index contributed by atoms with van der Waals surface area (Å²) in [5.74, 6) is 3.20. The molecular weight excluding hydrogens is 354 g/mol. The van der Waals surface area contributed by atoms with Gasteiger partial charge in [-0.3, -0.25) is 4.79 Å². The Morgan fingerprint density at radius 3 is 2.64 bits per heavy atom. The highest BCUT2D eigenvalue weighted by Gasteiger charge is 2.32. The minimum atomic E-state index is 0.239. The summed E-state index contributed by atoms with van der Waals surface area (Å²) in [6.07, 6.45) is 2.28. The SMILES string of the molecule is COc1ccc(OCCSCC(=O)N(Cc2ccsc2)C2CC2)cc1. The predicted molar refractivity (Wildman–Crippen MR) is 104 cm³/mol. The normalized spacial score (nSPS) is 13.5. The summed E-state index contributed by atoms with van der Waals surface area (Å²) in [6.45, 7) is 1.34. The first-order valence-corrected chi connectivity index (χ1v) is 10.5. The summed E-state index contributed by atoms with van der Waals surface area (Å²) in [6, 6.07) is 10.1. The van der Waals surface area contributed by atoms with Crippen molar-refractivity contribution in [2.75, 3.05) is 25.2 Å². The van der Waals surface area contributed by atoms with E-state index in [4.69, 9.17) is 9.47 Å². The number of hydrogen-bond donors (Lipinski definition) is 0. The Kier molecular flexibility index (Phi) is 6.64. The molecule has 0 N–H and O–H groups in total. The van der Waals surface area contributed by atoms with Crippen LogP contribution in [0.15, 0.2) is 41.1 Å². The lowest BCUT2D eigenvalue weighted by Crippen LogP contribution is -2.34. The van der Waals surface area contributed by atoms with E-state index < -0.39 is 0 Å². The third-order valence-electron chi connectivity index (χ3n) is 4.02. The Bertz CT molecular complexity index is 654. The second-order valence-electron chi connectivity index (χ2n) is 5.96. The van der Waals surface area contributed by atoms with Crippen molar-refractivity contribution in [2.24, 2.45) is 0 Å². The van der Waals surface area contributed by atoms with Gasteiger partial charge in [-0.05, 0) is 59.5 Å². The van der Waals surface area contributed by atoms with E-state index in [0.717, 1.165) is 36.6 Å². The minimum absolute atomic E-state index is 0.239. The van der Waals surface area contributed by atoms with Crippen LogP contribution in [0.4, 0.5) is 0 Å². The van der Waals surface area contributed by atoms with Crippen molar-refractivity contribution in [3.63, 3.8) is 0 Å². The number of methoxy groups -OCH3 is 1. The first kappa shape index (κ1) is 18.1. The first-order chi connectivity index (χ1) is 12.3. The third kappa shape index (κ3) is 5.68. The maximum atomic E-state index is 12.5. The molecule has 0 atom stereocenters. The number of rotatable bonds is 10. The van der Waals surface area contributed by atoms with Gasteiger partial charge in [-0.25, -0.2) is 0 Å². The third-order valence-corrected chi connectivity index (χ3v) is 5.66. The lowest BCUT2D eigenvalue weighted by atomic mass is 10.3. The van der Waals surface area contributed by atoms with E-state index in [-0.39, 0.29) is 5.91 Å². The van der Waals surface area contributed by atoms with Crippen LogP contribution in [0.3, 0.4) is 0 Å². The number of hydrogen-bond acceptors (Lipinski definition) is 5. The van der Waals surface area contributed by atoms with Gasteiger partial charge in [0.2, 0.25) is 5.91 Å². The smallest absolute Gasteiger partial charge is 0.233 e. The van der Waals surface area contributed by atoms with Crippen molar-refractivity contribution in [1.29, 1.82) is 0 Å². The van der Waals surface area contributed by atoms with Crippen LogP contribution in [-0.2, 0) is 11.3 Å². The molecule has 0 bridgehead atoms. The standard InChI is InChI=1S/C19H23NO3S2/c1-22-17-4-6-18(7-5-17)23-9-11-25-14-19(21)20(16-2-3-16)12-15-8-10-24-13-15/h4-8,10,13,16H,2-3,9,11-12,14H2,1H3. The molecule has 1 aromatic carbocycles. The van der Waals surface area contributed by atoms with Crippen molar-refractivity contribution in [2.45, 2.75) is 25.4 Å². The molecule has 1 fully saturated rings. The Morgan fingerprint density at radius 2 is 2.00 bits per heavy atom. The van der Waals surface area contributed by atoms with Crippen LogP contribution in [0.2, 0.25) is 0 Å². The van der Waals surface area contributed by atoms with E-state index in [2.05, 4.69) is 16.8 Å². The molecule has 1 amide bonds. The topological polar surface area (TPSA) is 38.8 Å². The highest BCUT2D eigenvalue weighted by molar-refractivity contribution is 7.99. The van der Waals surface area contributed by atoms with E-state index >= 15 is 0 Å². The number of carbonyl (C=O) groups is 1. The molecule has 2 aromatic rings. The van der Waals surface area contributed by atoms with Gasteiger partial charge in [0.1, 0.15) is 11.5 Å². The number of benzene rings is 1. The van der Waals surface area contributed by atoms with Crippen LogP contribution < -0.4 is 9.47 Å². The first-order valence-electron chi connectivity index (χ1n) is 8.41. The van der Waals surface area contributed by atoms with Gasteiger partial charge in [-0.1, -0.05) is 0 Å². The number of amides is 1. The Morgan fingerprint density at radius 1 is 1.24 bits per heavy atom.